The highest BCUT2D eigenvalue weighted by Gasteiger charge is 2.34. The van der Waals surface area contributed by atoms with Gasteiger partial charge in [0.15, 0.2) is 6.29 Å². The molecule has 1 aromatic carbocycles. The minimum atomic E-state index is -0.245. The van der Waals surface area contributed by atoms with Crippen LogP contribution in [0.2, 0.25) is 0 Å². The SMILES string of the molecule is COC1C[C@H](CN=[N+]=[N-])[C@@H](COCc2ccc(Br)cc2)O1. The van der Waals surface area contributed by atoms with E-state index < -0.39 is 0 Å². The molecule has 0 aliphatic carbocycles. The van der Waals surface area contributed by atoms with Crippen molar-refractivity contribution in [1.82, 2.24) is 0 Å². The minimum absolute atomic E-state index is 0.101. The highest BCUT2D eigenvalue weighted by molar-refractivity contribution is 9.10. The molecular weight excluding hydrogens is 338 g/mol. The first-order valence-corrected chi connectivity index (χ1v) is 7.53. The number of halogens is 1. The van der Waals surface area contributed by atoms with Crippen molar-refractivity contribution in [3.8, 4) is 0 Å². The summed E-state index contributed by atoms with van der Waals surface area (Å²) in [6.45, 7) is 1.39. The summed E-state index contributed by atoms with van der Waals surface area (Å²) in [7, 11) is 1.61. The van der Waals surface area contributed by atoms with Crippen LogP contribution in [0.1, 0.15) is 12.0 Å². The molecule has 1 heterocycles. The van der Waals surface area contributed by atoms with Gasteiger partial charge in [0.1, 0.15) is 0 Å². The Labute approximate surface area is 132 Å². The van der Waals surface area contributed by atoms with E-state index in [1.807, 2.05) is 24.3 Å². The lowest BCUT2D eigenvalue weighted by Gasteiger charge is -2.16. The van der Waals surface area contributed by atoms with Crippen LogP contribution in [-0.4, -0.2) is 32.7 Å². The topological polar surface area (TPSA) is 76.5 Å². The maximum Gasteiger partial charge on any atom is 0.158 e. The molecule has 1 fully saturated rings. The van der Waals surface area contributed by atoms with Crippen molar-refractivity contribution in [2.24, 2.45) is 11.0 Å². The summed E-state index contributed by atoms with van der Waals surface area (Å²) in [5.41, 5.74) is 9.54. The summed E-state index contributed by atoms with van der Waals surface area (Å²) in [4.78, 5) is 2.80. The normalized spacial score (nSPS) is 24.8. The Balaban J connectivity index is 1.82. The molecule has 0 saturated carbocycles. The molecule has 114 valence electrons. The Kier molecular flexibility index (Phi) is 6.48. The maximum atomic E-state index is 8.43. The molecule has 21 heavy (non-hydrogen) atoms. The Morgan fingerprint density at radius 3 is 2.86 bits per heavy atom. The van der Waals surface area contributed by atoms with Crippen molar-refractivity contribution in [1.29, 1.82) is 0 Å². The average molecular weight is 356 g/mol. The summed E-state index contributed by atoms with van der Waals surface area (Å²) in [5.74, 6) is 0.135. The third kappa shape index (κ3) is 4.98. The van der Waals surface area contributed by atoms with E-state index >= 15 is 0 Å². The van der Waals surface area contributed by atoms with E-state index in [4.69, 9.17) is 19.7 Å². The lowest BCUT2D eigenvalue weighted by atomic mass is 10.0. The van der Waals surface area contributed by atoms with Gasteiger partial charge in [0.05, 0.1) is 19.3 Å². The molecule has 0 amide bonds. The number of hydrogen-bond donors (Lipinski definition) is 0. The zero-order valence-electron chi connectivity index (χ0n) is 11.8. The van der Waals surface area contributed by atoms with Gasteiger partial charge in [-0.3, -0.25) is 0 Å². The van der Waals surface area contributed by atoms with Gasteiger partial charge in [-0.1, -0.05) is 33.2 Å². The monoisotopic (exact) mass is 355 g/mol. The summed E-state index contributed by atoms with van der Waals surface area (Å²) < 4.78 is 17.7. The number of methoxy groups -OCH3 is 1. The van der Waals surface area contributed by atoms with E-state index in [1.165, 1.54) is 0 Å². The lowest BCUT2D eigenvalue weighted by molar-refractivity contribution is -0.131. The second-order valence-corrected chi connectivity index (χ2v) is 5.81. The maximum absolute atomic E-state index is 8.43. The second-order valence-electron chi connectivity index (χ2n) is 4.89. The van der Waals surface area contributed by atoms with Crippen LogP contribution in [0.5, 0.6) is 0 Å². The average Bonchev–Trinajstić information content (AvgIpc) is 2.89. The van der Waals surface area contributed by atoms with Crippen molar-refractivity contribution >= 4 is 15.9 Å². The van der Waals surface area contributed by atoms with E-state index in [1.54, 1.807) is 7.11 Å². The van der Waals surface area contributed by atoms with Gasteiger partial charge in [-0.05, 0) is 29.1 Å². The molecule has 0 N–H and O–H groups in total. The van der Waals surface area contributed by atoms with Gasteiger partial charge in [0.25, 0.3) is 0 Å². The molecule has 1 aliphatic heterocycles. The largest absolute Gasteiger partial charge is 0.374 e. The van der Waals surface area contributed by atoms with Gasteiger partial charge in [-0.15, -0.1) is 0 Å². The molecule has 3 atom stereocenters. The predicted molar refractivity (Wildman–Crippen MR) is 81.6 cm³/mol. The van der Waals surface area contributed by atoms with Gasteiger partial charge in [0.2, 0.25) is 0 Å². The Bertz CT molecular complexity index is 491. The highest BCUT2D eigenvalue weighted by atomic mass is 79.9. The standard InChI is InChI=1S/C14H18BrN3O3/c1-19-14-6-11(7-17-18-16)13(21-14)9-20-8-10-2-4-12(15)5-3-10/h2-5,11,13-14H,6-9H2,1H3/t11-,13-,14?/m1/s1. The van der Waals surface area contributed by atoms with Crippen molar-refractivity contribution in [3.63, 3.8) is 0 Å². The van der Waals surface area contributed by atoms with Crippen LogP contribution in [0.25, 0.3) is 10.4 Å². The number of ether oxygens (including phenoxy) is 3. The van der Waals surface area contributed by atoms with E-state index in [0.717, 1.165) is 16.5 Å². The van der Waals surface area contributed by atoms with Gasteiger partial charge in [0, 0.05) is 29.5 Å². The summed E-state index contributed by atoms with van der Waals surface area (Å²) >= 11 is 3.40. The molecule has 0 aromatic heterocycles. The first-order chi connectivity index (χ1) is 10.2. The Hall–Kier alpha value is -1.11. The van der Waals surface area contributed by atoms with Crippen LogP contribution in [0, 0.1) is 5.92 Å². The number of benzene rings is 1. The van der Waals surface area contributed by atoms with Gasteiger partial charge in [-0.25, -0.2) is 0 Å². The smallest absolute Gasteiger partial charge is 0.158 e. The van der Waals surface area contributed by atoms with Crippen LogP contribution >= 0.6 is 15.9 Å². The third-order valence-corrected chi connectivity index (χ3v) is 3.98. The van der Waals surface area contributed by atoms with E-state index in [-0.39, 0.29) is 18.3 Å². The molecule has 7 heteroatoms. The van der Waals surface area contributed by atoms with E-state index in [9.17, 15) is 0 Å². The molecule has 1 saturated heterocycles. The Morgan fingerprint density at radius 1 is 1.43 bits per heavy atom. The molecular formula is C14H18BrN3O3. The van der Waals surface area contributed by atoms with Crippen LogP contribution < -0.4 is 0 Å². The van der Waals surface area contributed by atoms with Gasteiger partial charge < -0.3 is 14.2 Å². The fraction of sp³-hybridized carbons (Fsp3) is 0.571. The molecule has 1 unspecified atom stereocenters. The summed E-state index contributed by atoms with van der Waals surface area (Å²) in [6, 6.07) is 7.98. The molecule has 6 nitrogen and oxygen atoms in total. The Morgan fingerprint density at radius 2 is 2.19 bits per heavy atom. The van der Waals surface area contributed by atoms with Crippen molar-refractivity contribution in [2.45, 2.75) is 25.4 Å². The zero-order valence-corrected chi connectivity index (χ0v) is 13.4. The lowest BCUT2D eigenvalue weighted by Crippen LogP contribution is -2.24. The van der Waals surface area contributed by atoms with Crippen molar-refractivity contribution in [3.05, 3.63) is 44.7 Å². The fourth-order valence-corrected chi connectivity index (χ4v) is 2.56. The number of azide groups is 1. The number of nitrogens with zero attached hydrogens (tertiary/aromatic N) is 3. The third-order valence-electron chi connectivity index (χ3n) is 3.45. The molecule has 0 spiro atoms. The van der Waals surface area contributed by atoms with Gasteiger partial charge >= 0.3 is 0 Å². The fourth-order valence-electron chi connectivity index (χ4n) is 2.29. The summed E-state index contributed by atoms with van der Waals surface area (Å²) in [6.07, 6.45) is 0.378. The van der Waals surface area contributed by atoms with Crippen LogP contribution in [0.3, 0.4) is 0 Å². The first kappa shape index (κ1) is 16.3. The van der Waals surface area contributed by atoms with E-state index in [2.05, 4.69) is 26.0 Å². The first-order valence-electron chi connectivity index (χ1n) is 6.74. The van der Waals surface area contributed by atoms with Gasteiger partial charge in [-0.2, -0.15) is 0 Å². The van der Waals surface area contributed by atoms with Crippen molar-refractivity contribution in [2.75, 3.05) is 20.3 Å². The molecule has 1 aliphatic rings. The highest BCUT2D eigenvalue weighted by Crippen LogP contribution is 2.28. The number of rotatable bonds is 7. The van der Waals surface area contributed by atoms with E-state index in [0.29, 0.717) is 19.8 Å². The summed E-state index contributed by atoms with van der Waals surface area (Å²) in [5, 5.41) is 3.63. The second kappa shape index (κ2) is 8.36. The quantitative estimate of drug-likeness (QED) is 0.425. The molecule has 1 aromatic rings. The van der Waals surface area contributed by atoms with Crippen LogP contribution in [0.15, 0.2) is 33.9 Å². The van der Waals surface area contributed by atoms with Crippen LogP contribution in [0.4, 0.5) is 0 Å². The molecule has 0 radical (unpaired) electrons. The molecule has 2 rings (SSSR count). The minimum Gasteiger partial charge on any atom is -0.374 e. The zero-order chi connectivity index (χ0) is 15.1. The molecule has 0 bridgehead atoms. The van der Waals surface area contributed by atoms with Crippen LogP contribution in [-0.2, 0) is 20.8 Å². The number of hydrogen-bond acceptors (Lipinski definition) is 4. The van der Waals surface area contributed by atoms with Crippen molar-refractivity contribution < 1.29 is 14.2 Å². The predicted octanol–water partition coefficient (Wildman–Crippen LogP) is 3.65.